The van der Waals surface area contributed by atoms with E-state index in [-0.39, 0.29) is 36.7 Å². The highest BCUT2D eigenvalue weighted by atomic mass is 16.7. The van der Waals surface area contributed by atoms with E-state index in [2.05, 4.69) is 19.1 Å². The van der Waals surface area contributed by atoms with Gasteiger partial charge in [-0.15, -0.1) is 0 Å². The van der Waals surface area contributed by atoms with Gasteiger partial charge in [-0.2, -0.15) is 0 Å². The number of aryl methyl sites for hydroxylation is 3. The van der Waals surface area contributed by atoms with Crippen LogP contribution >= 0.6 is 0 Å². The first kappa shape index (κ1) is 19.1. The average Bonchev–Trinajstić information content (AvgIpc) is 3.04. The van der Waals surface area contributed by atoms with Crippen molar-refractivity contribution < 1.29 is 23.8 Å². The van der Waals surface area contributed by atoms with E-state index in [1.165, 1.54) is 5.56 Å². The van der Waals surface area contributed by atoms with E-state index in [1.54, 1.807) is 6.92 Å². The minimum Gasteiger partial charge on any atom is -0.466 e. The molecule has 0 spiro atoms. The zero-order valence-electron chi connectivity index (χ0n) is 16.0. The number of ether oxygens (including phenoxy) is 3. The molecule has 26 heavy (non-hydrogen) atoms. The molecule has 0 bridgehead atoms. The standard InChI is InChI=1S/C21H28O5/c1-5-24-21(23)17-10-20-19(25-11-26-20)9-16(17)18(22)8-15-13(3)6-12(2)7-14(15)4/h6-7,16-17,19-20H,5,8-11H2,1-4H3. The van der Waals surface area contributed by atoms with E-state index in [0.717, 1.165) is 16.7 Å². The van der Waals surface area contributed by atoms with Gasteiger partial charge in [0, 0.05) is 12.3 Å². The van der Waals surface area contributed by atoms with Crippen LogP contribution in [0.5, 0.6) is 0 Å². The summed E-state index contributed by atoms with van der Waals surface area (Å²) in [4.78, 5) is 25.6. The second-order valence-corrected chi connectivity index (χ2v) is 7.48. The molecule has 0 amide bonds. The van der Waals surface area contributed by atoms with Gasteiger partial charge in [-0.3, -0.25) is 9.59 Å². The number of fused-ring (bicyclic) bond motifs is 1. The quantitative estimate of drug-likeness (QED) is 0.755. The maximum atomic E-state index is 13.2. The molecule has 3 rings (SSSR count). The fraction of sp³-hybridized carbons (Fsp3) is 0.619. The largest absolute Gasteiger partial charge is 0.466 e. The van der Waals surface area contributed by atoms with E-state index in [0.29, 0.717) is 25.9 Å². The predicted molar refractivity (Wildman–Crippen MR) is 96.8 cm³/mol. The van der Waals surface area contributed by atoms with E-state index in [9.17, 15) is 9.59 Å². The third-order valence-electron chi connectivity index (χ3n) is 5.63. The van der Waals surface area contributed by atoms with Gasteiger partial charge in [0.25, 0.3) is 0 Å². The average molecular weight is 360 g/mol. The van der Waals surface area contributed by atoms with E-state index >= 15 is 0 Å². The molecule has 1 saturated carbocycles. The molecule has 0 aromatic heterocycles. The first-order valence-electron chi connectivity index (χ1n) is 9.40. The Morgan fingerprint density at radius 3 is 2.19 bits per heavy atom. The van der Waals surface area contributed by atoms with E-state index in [4.69, 9.17) is 14.2 Å². The minimum absolute atomic E-state index is 0.0899. The lowest BCUT2D eigenvalue weighted by atomic mass is 9.73. The minimum atomic E-state index is -0.448. The number of benzene rings is 1. The van der Waals surface area contributed by atoms with Crippen molar-refractivity contribution in [2.75, 3.05) is 13.4 Å². The van der Waals surface area contributed by atoms with Crippen LogP contribution in [0.1, 0.15) is 42.0 Å². The van der Waals surface area contributed by atoms with Gasteiger partial charge in [0.15, 0.2) is 0 Å². The van der Waals surface area contributed by atoms with Gasteiger partial charge in [-0.05, 0) is 57.2 Å². The molecule has 1 aliphatic heterocycles. The van der Waals surface area contributed by atoms with Crippen molar-refractivity contribution in [3.63, 3.8) is 0 Å². The first-order valence-corrected chi connectivity index (χ1v) is 9.40. The zero-order chi connectivity index (χ0) is 18.8. The smallest absolute Gasteiger partial charge is 0.309 e. The van der Waals surface area contributed by atoms with Crippen LogP contribution in [0.4, 0.5) is 0 Å². The van der Waals surface area contributed by atoms with Crippen LogP contribution < -0.4 is 0 Å². The summed E-state index contributed by atoms with van der Waals surface area (Å²) in [6.07, 6.45) is 1.14. The molecular weight excluding hydrogens is 332 g/mol. The molecule has 0 radical (unpaired) electrons. The Kier molecular flexibility index (Phi) is 5.78. The molecule has 4 unspecified atom stereocenters. The zero-order valence-corrected chi connectivity index (χ0v) is 16.0. The van der Waals surface area contributed by atoms with Gasteiger partial charge >= 0.3 is 5.97 Å². The molecule has 1 aromatic carbocycles. The highest BCUT2D eigenvalue weighted by molar-refractivity contribution is 5.89. The van der Waals surface area contributed by atoms with Crippen molar-refractivity contribution in [2.24, 2.45) is 11.8 Å². The van der Waals surface area contributed by atoms with Crippen LogP contribution in [-0.4, -0.2) is 37.4 Å². The highest BCUT2D eigenvalue weighted by Crippen LogP contribution is 2.38. The van der Waals surface area contributed by atoms with Gasteiger partial charge in [-0.1, -0.05) is 17.7 Å². The molecule has 1 heterocycles. The Labute approximate surface area is 155 Å². The SMILES string of the molecule is CCOC(=O)C1CC2OCOC2CC1C(=O)Cc1c(C)cc(C)cc1C. The van der Waals surface area contributed by atoms with E-state index in [1.807, 2.05) is 13.8 Å². The maximum Gasteiger partial charge on any atom is 0.309 e. The third kappa shape index (κ3) is 3.84. The topological polar surface area (TPSA) is 61.8 Å². The lowest BCUT2D eigenvalue weighted by Crippen LogP contribution is -2.44. The number of hydrogen-bond donors (Lipinski definition) is 0. The summed E-state index contributed by atoms with van der Waals surface area (Å²) in [6, 6.07) is 4.20. The Hall–Kier alpha value is -1.72. The first-order chi connectivity index (χ1) is 12.4. The van der Waals surface area contributed by atoms with Crippen LogP contribution in [0.25, 0.3) is 0 Å². The molecule has 0 N–H and O–H groups in total. The number of carbonyl (C=O) groups is 2. The van der Waals surface area contributed by atoms with Crippen LogP contribution in [-0.2, 0) is 30.2 Å². The van der Waals surface area contributed by atoms with Crippen LogP contribution in [0.2, 0.25) is 0 Å². The molecule has 1 saturated heterocycles. The second kappa shape index (κ2) is 7.89. The molecule has 1 aromatic rings. The Balaban J connectivity index is 1.81. The number of ketones is 1. The Bertz CT molecular complexity index is 673. The third-order valence-corrected chi connectivity index (χ3v) is 5.63. The maximum absolute atomic E-state index is 13.2. The Morgan fingerprint density at radius 1 is 1.04 bits per heavy atom. The van der Waals surface area contributed by atoms with Crippen LogP contribution in [0.15, 0.2) is 12.1 Å². The van der Waals surface area contributed by atoms with Crippen molar-refractivity contribution in [3.8, 4) is 0 Å². The van der Waals surface area contributed by atoms with Crippen LogP contribution in [0, 0.1) is 32.6 Å². The molecule has 2 fully saturated rings. The van der Waals surface area contributed by atoms with Crippen molar-refractivity contribution in [1.82, 2.24) is 0 Å². The lowest BCUT2D eigenvalue weighted by molar-refractivity contribution is -0.156. The molecule has 4 atom stereocenters. The summed E-state index contributed by atoms with van der Waals surface area (Å²) in [5, 5.41) is 0. The molecule has 142 valence electrons. The number of hydrogen-bond acceptors (Lipinski definition) is 5. The predicted octanol–water partition coefficient (Wildman–Crippen LogP) is 3.05. The van der Waals surface area contributed by atoms with E-state index < -0.39 is 5.92 Å². The highest BCUT2D eigenvalue weighted by Gasteiger charge is 2.47. The summed E-state index contributed by atoms with van der Waals surface area (Å²) in [5.74, 6) is -1.03. The Morgan fingerprint density at radius 2 is 1.62 bits per heavy atom. The van der Waals surface area contributed by atoms with Crippen molar-refractivity contribution in [2.45, 2.75) is 59.2 Å². The summed E-state index contributed by atoms with van der Waals surface area (Å²) >= 11 is 0. The molecule has 2 aliphatic rings. The van der Waals surface area contributed by atoms with Crippen molar-refractivity contribution in [1.29, 1.82) is 0 Å². The van der Waals surface area contributed by atoms with Gasteiger partial charge in [0.05, 0.1) is 24.7 Å². The second-order valence-electron chi connectivity index (χ2n) is 7.48. The van der Waals surface area contributed by atoms with Gasteiger partial charge in [0.1, 0.15) is 12.6 Å². The number of Topliss-reactive ketones (excluding diaryl/α,β-unsaturated/α-hetero) is 1. The summed E-state index contributed by atoms with van der Waals surface area (Å²) in [7, 11) is 0. The molecule has 5 heteroatoms. The summed E-state index contributed by atoms with van der Waals surface area (Å²) < 4.78 is 16.4. The number of carbonyl (C=O) groups excluding carboxylic acids is 2. The van der Waals surface area contributed by atoms with Gasteiger partial charge in [-0.25, -0.2) is 0 Å². The fourth-order valence-corrected chi connectivity index (χ4v) is 4.36. The van der Waals surface area contributed by atoms with Crippen LogP contribution in [0.3, 0.4) is 0 Å². The monoisotopic (exact) mass is 360 g/mol. The van der Waals surface area contributed by atoms with Crippen molar-refractivity contribution >= 4 is 11.8 Å². The summed E-state index contributed by atoms with van der Waals surface area (Å²) in [6.45, 7) is 8.47. The van der Waals surface area contributed by atoms with Gasteiger partial charge in [0.2, 0.25) is 0 Å². The number of rotatable bonds is 5. The number of esters is 1. The lowest BCUT2D eigenvalue weighted by Gasteiger charge is -2.34. The molecular formula is C21H28O5. The molecule has 5 nitrogen and oxygen atoms in total. The fourth-order valence-electron chi connectivity index (χ4n) is 4.36. The molecule has 1 aliphatic carbocycles. The normalized spacial score (nSPS) is 27.8. The summed E-state index contributed by atoms with van der Waals surface area (Å²) in [5.41, 5.74) is 4.50. The van der Waals surface area contributed by atoms with Crippen molar-refractivity contribution in [3.05, 3.63) is 34.4 Å². The van der Waals surface area contributed by atoms with Gasteiger partial charge < -0.3 is 14.2 Å².